The first-order chi connectivity index (χ1) is 9.35. The van der Waals surface area contributed by atoms with Crippen LogP contribution < -0.4 is 10.5 Å². The largest absolute Gasteiger partial charge is 0.573 e. The molecule has 0 unspecified atom stereocenters. The molecule has 0 bridgehead atoms. The minimum absolute atomic E-state index is 0. The van der Waals surface area contributed by atoms with Gasteiger partial charge in [-0.05, 0) is 58.0 Å². The van der Waals surface area contributed by atoms with Crippen molar-refractivity contribution in [2.24, 2.45) is 5.73 Å². The van der Waals surface area contributed by atoms with Crippen molar-refractivity contribution in [3.8, 4) is 5.75 Å². The van der Waals surface area contributed by atoms with Crippen LogP contribution in [0.2, 0.25) is 0 Å². The molecule has 2 aromatic carbocycles. The number of ether oxygens (including phenoxy) is 1. The highest BCUT2D eigenvalue weighted by atomic mass is 127. The Morgan fingerprint density at radius 1 is 0.905 bits per heavy atom. The first-order valence-corrected chi connectivity index (χ1v) is 6.80. The van der Waals surface area contributed by atoms with E-state index in [9.17, 15) is 13.2 Å². The zero-order valence-corrected chi connectivity index (χ0v) is 13.6. The smallest absolute Gasteiger partial charge is 0.406 e. The standard InChI is InChI=1S/C14H11F3INO.ClH/c15-14(16,17)20-12-7-3-10(4-8-12)13(19)9-1-5-11(18)6-2-9;/h1-8,13H,19H2;1H/t13-;/m0./s1. The fourth-order valence-electron chi connectivity index (χ4n) is 1.74. The Hall–Kier alpha value is -0.990. The quantitative estimate of drug-likeness (QED) is 0.721. The molecular formula is C14H12ClF3INO. The molecule has 2 N–H and O–H groups in total. The van der Waals surface area contributed by atoms with Crippen LogP contribution in [-0.2, 0) is 0 Å². The normalized spacial score (nSPS) is 12.4. The van der Waals surface area contributed by atoms with Crippen LogP contribution in [0.1, 0.15) is 17.2 Å². The Morgan fingerprint density at radius 2 is 1.33 bits per heavy atom. The van der Waals surface area contributed by atoms with Crippen LogP contribution in [0.15, 0.2) is 48.5 Å². The molecule has 0 spiro atoms. The SMILES string of the molecule is Cl.N[C@@H](c1ccc(I)cc1)c1ccc(OC(F)(F)F)cc1. The van der Waals surface area contributed by atoms with Crippen molar-refractivity contribution in [3.05, 3.63) is 63.2 Å². The van der Waals surface area contributed by atoms with Crippen LogP contribution in [0, 0.1) is 3.57 Å². The van der Waals surface area contributed by atoms with Gasteiger partial charge in [0.1, 0.15) is 5.75 Å². The summed E-state index contributed by atoms with van der Waals surface area (Å²) in [5.74, 6) is -0.254. The van der Waals surface area contributed by atoms with E-state index in [1.807, 2.05) is 24.3 Å². The fourth-order valence-corrected chi connectivity index (χ4v) is 2.10. The van der Waals surface area contributed by atoms with Crippen molar-refractivity contribution >= 4 is 35.0 Å². The molecule has 0 aliphatic carbocycles. The molecule has 2 aromatic rings. The second-order valence-electron chi connectivity index (χ2n) is 4.15. The van der Waals surface area contributed by atoms with Crippen LogP contribution in [0.3, 0.4) is 0 Å². The lowest BCUT2D eigenvalue weighted by Crippen LogP contribution is -2.17. The third kappa shape index (κ3) is 5.37. The molecule has 7 heteroatoms. The molecule has 0 amide bonds. The molecule has 1 atom stereocenters. The van der Waals surface area contributed by atoms with Gasteiger partial charge >= 0.3 is 6.36 Å². The molecule has 0 heterocycles. The van der Waals surface area contributed by atoms with Crippen molar-refractivity contribution in [3.63, 3.8) is 0 Å². The summed E-state index contributed by atoms with van der Waals surface area (Å²) in [5, 5.41) is 0. The Labute approximate surface area is 140 Å². The second-order valence-corrected chi connectivity index (χ2v) is 5.39. The summed E-state index contributed by atoms with van der Waals surface area (Å²) in [5.41, 5.74) is 7.70. The van der Waals surface area contributed by atoms with Gasteiger partial charge in [-0.25, -0.2) is 0 Å². The lowest BCUT2D eigenvalue weighted by molar-refractivity contribution is -0.274. The number of nitrogens with two attached hydrogens (primary N) is 1. The zero-order valence-electron chi connectivity index (χ0n) is 10.6. The fraction of sp³-hybridized carbons (Fsp3) is 0.143. The summed E-state index contributed by atoms with van der Waals surface area (Å²) in [6.45, 7) is 0. The van der Waals surface area contributed by atoms with Gasteiger partial charge in [0.2, 0.25) is 0 Å². The highest BCUT2D eigenvalue weighted by Crippen LogP contribution is 2.26. The van der Waals surface area contributed by atoms with Gasteiger partial charge in [-0.2, -0.15) is 0 Å². The van der Waals surface area contributed by atoms with E-state index in [1.54, 1.807) is 0 Å². The molecule has 21 heavy (non-hydrogen) atoms. The summed E-state index contributed by atoms with van der Waals surface area (Å²) in [6.07, 6.45) is -4.68. The summed E-state index contributed by atoms with van der Waals surface area (Å²) in [6, 6.07) is 12.8. The average Bonchev–Trinajstić information content (AvgIpc) is 2.38. The second kappa shape index (κ2) is 7.33. The molecule has 0 fully saturated rings. The number of rotatable bonds is 3. The summed E-state index contributed by atoms with van der Waals surface area (Å²) < 4.78 is 41.1. The van der Waals surface area contributed by atoms with Gasteiger partial charge in [0.15, 0.2) is 0 Å². The molecule has 2 rings (SSSR count). The lowest BCUT2D eigenvalue weighted by atomic mass is 10.00. The molecule has 0 radical (unpaired) electrons. The number of benzene rings is 2. The molecule has 0 aliphatic heterocycles. The maximum Gasteiger partial charge on any atom is 0.573 e. The monoisotopic (exact) mass is 429 g/mol. The van der Waals surface area contributed by atoms with Crippen LogP contribution in [0.25, 0.3) is 0 Å². The molecule has 0 aromatic heterocycles. The molecule has 2 nitrogen and oxygen atoms in total. The summed E-state index contributed by atoms with van der Waals surface area (Å²) in [7, 11) is 0. The number of alkyl halides is 3. The molecule has 0 saturated heterocycles. The predicted octanol–water partition coefficient (Wildman–Crippen LogP) is 4.66. The third-order valence-electron chi connectivity index (χ3n) is 2.70. The lowest BCUT2D eigenvalue weighted by Gasteiger charge is -2.14. The van der Waals surface area contributed by atoms with E-state index in [1.165, 1.54) is 24.3 Å². The highest BCUT2D eigenvalue weighted by Gasteiger charge is 2.31. The maximum atomic E-state index is 12.1. The summed E-state index contributed by atoms with van der Waals surface area (Å²) >= 11 is 2.19. The van der Waals surface area contributed by atoms with E-state index in [-0.39, 0.29) is 24.2 Å². The van der Waals surface area contributed by atoms with E-state index in [4.69, 9.17) is 5.73 Å². The van der Waals surface area contributed by atoms with Crippen LogP contribution in [0.4, 0.5) is 13.2 Å². The molecule has 114 valence electrons. The van der Waals surface area contributed by atoms with Crippen molar-refractivity contribution in [2.45, 2.75) is 12.4 Å². The van der Waals surface area contributed by atoms with E-state index in [0.29, 0.717) is 0 Å². The summed E-state index contributed by atoms with van der Waals surface area (Å²) in [4.78, 5) is 0. The molecular weight excluding hydrogens is 418 g/mol. The van der Waals surface area contributed by atoms with Gasteiger partial charge in [0, 0.05) is 3.57 Å². The van der Waals surface area contributed by atoms with E-state index in [0.717, 1.165) is 14.7 Å². The Morgan fingerprint density at radius 3 is 1.76 bits per heavy atom. The predicted molar refractivity (Wildman–Crippen MR) is 85.6 cm³/mol. The van der Waals surface area contributed by atoms with Gasteiger partial charge in [0.05, 0.1) is 6.04 Å². The number of hydrogen-bond acceptors (Lipinski definition) is 2. The van der Waals surface area contributed by atoms with Gasteiger partial charge < -0.3 is 10.5 Å². The minimum Gasteiger partial charge on any atom is -0.406 e. The average molecular weight is 430 g/mol. The van der Waals surface area contributed by atoms with E-state index in [2.05, 4.69) is 27.3 Å². The van der Waals surface area contributed by atoms with Crippen LogP contribution in [-0.4, -0.2) is 6.36 Å². The number of halogens is 5. The van der Waals surface area contributed by atoms with E-state index < -0.39 is 6.36 Å². The Balaban J connectivity index is 0.00000220. The Bertz CT molecular complexity index is 572. The van der Waals surface area contributed by atoms with E-state index >= 15 is 0 Å². The van der Waals surface area contributed by atoms with Gasteiger partial charge in [-0.15, -0.1) is 25.6 Å². The zero-order chi connectivity index (χ0) is 14.8. The maximum absolute atomic E-state index is 12.1. The van der Waals surface area contributed by atoms with Crippen molar-refractivity contribution in [1.82, 2.24) is 0 Å². The van der Waals surface area contributed by atoms with Crippen molar-refractivity contribution in [2.75, 3.05) is 0 Å². The van der Waals surface area contributed by atoms with Gasteiger partial charge in [0.25, 0.3) is 0 Å². The van der Waals surface area contributed by atoms with Crippen molar-refractivity contribution in [1.29, 1.82) is 0 Å². The Kier molecular flexibility index (Phi) is 6.30. The molecule has 0 saturated carbocycles. The number of hydrogen-bond donors (Lipinski definition) is 1. The van der Waals surface area contributed by atoms with Gasteiger partial charge in [-0.3, -0.25) is 0 Å². The van der Waals surface area contributed by atoms with Crippen LogP contribution >= 0.6 is 35.0 Å². The molecule has 0 aliphatic rings. The van der Waals surface area contributed by atoms with Crippen LogP contribution in [0.5, 0.6) is 5.75 Å². The minimum atomic E-state index is -4.68. The highest BCUT2D eigenvalue weighted by molar-refractivity contribution is 14.1. The van der Waals surface area contributed by atoms with Gasteiger partial charge in [-0.1, -0.05) is 24.3 Å². The van der Waals surface area contributed by atoms with Crippen molar-refractivity contribution < 1.29 is 17.9 Å². The third-order valence-corrected chi connectivity index (χ3v) is 3.42. The topological polar surface area (TPSA) is 35.2 Å². The first kappa shape index (κ1) is 18.1. The first-order valence-electron chi connectivity index (χ1n) is 5.72.